The first kappa shape index (κ1) is 10.2. The fourth-order valence-corrected chi connectivity index (χ4v) is 1.93. The summed E-state index contributed by atoms with van der Waals surface area (Å²) in [4.78, 5) is 0. The Labute approximate surface area is 100 Å². The first-order valence-electron chi connectivity index (χ1n) is 5.76. The predicted octanol–water partition coefficient (Wildman–Crippen LogP) is 2.48. The molecule has 2 aromatic rings. The summed E-state index contributed by atoms with van der Waals surface area (Å²) < 4.78 is 7.24. The van der Waals surface area contributed by atoms with Crippen LogP contribution in [-0.2, 0) is 0 Å². The SMILES string of the molecule is COc1ccc(N)c(-c2cnn(C3CC3)c2)c1. The van der Waals surface area contributed by atoms with E-state index in [-0.39, 0.29) is 0 Å². The molecule has 0 aliphatic heterocycles. The van der Waals surface area contributed by atoms with Crippen LogP contribution in [0.5, 0.6) is 5.75 Å². The lowest BCUT2D eigenvalue weighted by Crippen LogP contribution is -1.93. The van der Waals surface area contributed by atoms with E-state index in [0.29, 0.717) is 6.04 Å². The Kier molecular flexibility index (Phi) is 2.28. The number of rotatable bonds is 3. The number of aromatic nitrogens is 2. The van der Waals surface area contributed by atoms with E-state index in [2.05, 4.69) is 11.3 Å². The lowest BCUT2D eigenvalue weighted by atomic mass is 10.1. The number of hydrogen-bond acceptors (Lipinski definition) is 3. The van der Waals surface area contributed by atoms with E-state index >= 15 is 0 Å². The van der Waals surface area contributed by atoms with Crippen LogP contribution in [-0.4, -0.2) is 16.9 Å². The normalized spacial score (nSPS) is 14.9. The van der Waals surface area contributed by atoms with Gasteiger partial charge in [-0.25, -0.2) is 0 Å². The zero-order chi connectivity index (χ0) is 11.8. The van der Waals surface area contributed by atoms with Crippen LogP contribution in [0.1, 0.15) is 18.9 Å². The second-order valence-electron chi connectivity index (χ2n) is 4.39. The van der Waals surface area contributed by atoms with Gasteiger partial charge in [0.15, 0.2) is 0 Å². The maximum absolute atomic E-state index is 5.98. The molecule has 88 valence electrons. The number of nitrogens with zero attached hydrogens (tertiary/aromatic N) is 2. The fourth-order valence-electron chi connectivity index (χ4n) is 1.93. The first-order chi connectivity index (χ1) is 8.28. The average Bonchev–Trinajstić information content (AvgIpc) is 3.09. The van der Waals surface area contributed by atoms with E-state index in [1.54, 1.807) is 7.11 Å². The number of nitrogens with two attached hydrogens (primary N) is 1. The van der Waals surface area contributed by atoms with Crippen molar-refractivity contribution < 1.29 is 4.74 Å². The van der Waals surface area contributed by atoms with Gasteiger partial charge in [0.1, 0.15) is 5.75 Å². The largest absolute Gasteiger partial charge is 0.497 e. The number of anilines is 1. The molecule has 1 fully saturated rings. The van der Waals surface area contributed by atoms with Gasteiger partial charge in [0.05, 0.1) is 19.3 Å². The van der Waals surface area contributed by atoms with Crippen molar-refractivity contribution in [2.75, 3.05) is 12.8 Å². The molecule has 4 heteroatoms. The maximum Gasteiger partial charge on any atom is 0.119 e. The summed E-state index contributed by atoms with van der Waals surface area (Å²) in [5.41, 5.74) is 8.77. The van der Waals surface area contributed by atoms with Gasteiger partial charge >= 0.3 is 0 Å². The van der Waals surface area contributed by atoms with Gasteiger partial charge in [-0.2, -0.15) is 5.10 Å². The summed E-state index contributed by atoms with van der Waals surface area (Å²) in [5.74, 6) is 0.813. The molecular formula is C13H15N3O. The van der Waals surface area contributed by atoms with Crippen molar-refractivity contribution in [2.24, 2.45) is 0 Å². The van der Waals surface area contributed by atoms with E-state index in [0.717, 1.165) is 22.6 Å². The smallest absolute Gasteiger partial charge is 0.119 e. The molecule has 0 amide bonds. The molecule has 2 N–H and O–H groups in total. The molecule has 1 aliphatic carbocycles. The summed E-state index contributed by atoms with van der Waals surface area (Å²) in [5, 5.41) is 4.37. The number of nitrogen functional groups attached to an aromatic ring is 1. The molecule has 0 atom stereocenters. The minimum atomic E-state index is 0.593. The van der Waals surface area contributed by atoms with Crippen LogP contribution in [0.15, 0.2) is 30.6 Å². The van der Waals surface area contributed by atoms with Crippen LogP contribution in [0, 0.1) is 0 Å². The minimum Gasteiger partial charge on any atom is -0.497 e. The van der Waals surface area contributed by atoms with Crippen LogP contribution >= 0.6 is 0 Å². The third-order valence-corrected chi connectivity index (χ3v) is 3.09. The Morgan fingerprint density at radius 2 is 2.24 bits per heavy atom. The second-order valence-corrected chi connectivity index (χ2v) is 4.39. The molecule has 0 spiro atoms. The van der Waals surface area contributed by atoms with Crippen molar-refractivity contribution in [1.29, 1.82) is 0 Å². The summed E-state index contributed by atoms with van der Waals surface area (Å²) in [6.45, 7) is 0. The van der Waals surface area contributed by atoms with E-state index in [1.807, 2.05) is 29.1 Å². The Balaban J connectivity index is 2.00. The van der Waals surface area contributed by atoms with Crippen molar-refractivity contribution in [1.82, 2.24) is 9.78 Å². The van der Waals surface area contributed by atoms with Crippen LogP contribution in [0.4, 0.5) is 5.69 Å². The lowest BCUT2D eigenvalue weighted by Gasteiger charge is -2.06. The zero-order valence-electron chi connectivity index (χ0n) is 9.76. The highest BCUT2D eigenvalue weighted by Gasteiger charge is 2.24. The molecule has 1 aromatic carbocycles. The predicted molar refractivity (Wildman–Crippen MR) is 66.9 cm³/mol. The Morgan fingerprint density at radius 3 is 2.94 bits per heavy atom. The van der Waals surface area contributed by atoms with Crippen LogP contribution in [0.25, 0.3) is 11.1 Å². The lowest BCUT2D eigenvalue weighted by molar-refractivity contribution is 0.415. The van der Waals surface area contributed by atoms with Gasteiger partial charge in [-0.05, 0) is 31.0 Å². The van der Waals surface area contributed by atoms with Crippen LogP contribution < -0.4 is 10.5 Å². The summed E-state index contributed by atoms with van der Waals surface area (Å²) in [6, 6.07) is 6.27. The van der Waals surface area contributed by atoms with Gasteiger partial charge in [-0.1, -0.05) is 0 Å². The Morgan fingerprint density at radius 1 is 1.41 bits per heavy atom. The molecule has 1 saturated carbocycles. The maximum atomic E-state index is 5.98. The van der Waals surface area contributed by atoms with Crippen LogP contribution in [0.2, 0.25) is 0 Å². The van der Waals surface area contributed by atoms with Gasteiger partial charge in [0.25, 0.3) is 0 Å². The Hall–Kier alpha value is -1.97. The molecule has 0 saturated heterocycles. The van der Waals surface area contributed by atoms with Crippen molar-refractivity contribution in [3.8, 4) is 16.9 Å². The molecular weight excluding hydrogens is 214 g/mol. The summed E-state index contributed by atoms with van der Waals surface area (Å²) in [6.07, 6.45) is 6.38. The third kappa shape index (κ3) is 1.86. The number of benzene rings is 1. The quantitative estimate of drug-likeness (QED) is 0.822. The van der Waals surface area contributed by atoms with Crippen molar-refractivity contribution in [3.63, 3.8) is 0 Å². The van der Waals surface area contributed by atoms with E-state index in [9.17, 15) is 0 Å². The molecule has 0 bridgehead atoms. The molecule has 1 aliphatic rings. The fraction of sp³-hybridized carbons (Fsp3) is 0.308. The highest BCUT2D eigenvalue weighted by Crippen LogP contribution is 2.36. The van der Waals surface area contributed by atoms with Gasteiger partial charge in [0.2, 0.25) is 0 Å². The van der Waals surface area contributed by atoms with E-state index in [1.165, 1.54) is 12.8 Å². The van der Waals surface area contributed by atoms with Crippen molar-refractivity contribution >= 4 is 5.69 Å². The summed E-state index contributed by atoms with van der Waals surface area (Å²) >= 11 is 0. The molecule has 0 radical (unpaired) electrons. The highest BCUT2D eigenvalue weighted by atomic mass is 16.5. The standard InChI is InChI=1S/C13H15N3O/c1-17-11-4-5-13(14)12(6-11)9-7-15-16(8-9)10-2-3-10/h4-8,10H,2-3,14H2,1H3. The van der Waals surface area contributed by atoms with Gasteiger partial charge in [-0.3, -0.25) is 4.68 Å². The van der Waals surface area contributed by atoms with E-state index < -0.39 is 0 Å². The van der Waals surface area contributed by atoms with E-state index in [4.69, 9.17) is 10.5 Å². The number of ether oxygens (including phenoxy) is 1. The number of hydrogen-bond donors (Lipinski definition) is 1. The molecule has 1 heterocycles. The molecule has 4 nitrogen and oxygen atoms in total. The topological polar surface area (TPSA) is 53.1 Å². The van der Waals surface area contributed by atoms with Gasteiger partial charge < -0.3 is 10.5 Å². The average molecular weight is 229 g/mol. The highest BCUT2D eigenvalue weighted by molar-refractivity contribution is 5.76. The van der Waals surface area contributed by atoms with Gasteiger partial charge in [0, 0.05) is 23.0 Å². The molecule has 17 heavy (non-hydrogen) atoms. The van der Waals surface area contributed by atoms with Crippen molar-refractivity contribution in [3.05, 3.63) is 30.6 Å². The first-order valence-corrected chi connectivity index (χ1v) is 5.76. The second kappa shape index (κ2) is 3.80. The Bertz CT molecular complexity index is 543. The monoisotopic (exact) mass is 229 g/mol. The van der Waals surface area contributed by atoms with Gasteiger partial charge in [-0.15, -0.1) is 0 Å². The minimum absolute atomic E-state index is 0.593. The molecule has 3 rings (SSSR count). The zero-order valence-corrected chi connectivity index (χ0v) is 9.76. The number of methoxy groups -OCH3 is 1. The summed E-state index contributed by atoms with van der Waals surface area (Å²) in [7, 11) is 1.66. The molecule has 0 unspecified atom stereocenters. The third-order valence-electron chi connectivity index (χ3n) is 3.09. The van der Waals surface area contributed by atoms with Crippen molar-refractivity contribution in [2.45, 2.75) is 18.9 Å². The van der Waals surface area contributed by atoms with Crippen LogP contribution in [0.3, 0.4) is 0 Å². The molecule has 1 aromatic heterocycles.